The number of rotatable bonds is 8. The lowest BCUT2D eigenvalue weighted by molar-refractivity contribution is -0.142. The number of hydrogen-bond donors (Lipinski definition) is 1. The first-order chi connectivity index (χ1) is 14.9. The van der Waals surface area contributed by atoms with Crippen molar-refractivity contribution in [1.82, 2.24) is 14.5 Å². The molecule has 0 atom stereocenters. The van der Waals surface area contributed by atoms with E-state index in [2.05, 4.69) is 4.72 Å². The van der Waals surface area contributed by atoms with Gasteiger partial charge in [-0.3, -0.25) is 9.59 Å². The Labute approximate surface area is 183 Å². The molecule has 10 heteroatoms. The van der Waals surface area contributed by atoms with Crippen molar-refractivity contribution in [2.45, 2.75) is 37.0 Å². The molecule has 2 fully saturated rings. The van der Waals surface area contributed by atoms with Crippen LogP contribution in [-0.4, -0.2) is 77.0 Å². The Morgan fingerprint density at radius 2 is 1.61 bits per heavy atom. The molecule has 31 heavy (non-hydrogen) atoms. The molecule has 2 amide bonds. The summed E-state index contributed by atoms with van der Waals surface area (Å²) >= 11 is 0. The number of sulfonamides is 1. The number of amides is 2. The smallest absolute Gasteiger partial charge is 0.240 e. The molecule has 1 aliphatic carbocycles. The van der Waals surface area contributed by atoms with Gasteiger partial charge in [-0.1, -0.05) is 12.8 Å². The van der Waals surface area contributed by atoms with Gasteiger partial charge in [0.25, 0.3) is 0 Å². The molecule has 3 rings (SSSR count). The number of hydrogen-bond acceptors (Lipinski definition) is 6. The van der Waals surface area contributed by atoms with Gasteiger partial charge in [0.1, 0.15) is 0 Å². The number of carbonyl (C=O) groups is 2. The molecule has 1 aromatic rings. The van der Waals surface area contributed by atoms with Crippen molar-refractivity contribution < 1.29 is 27.5 Å². The second-order valence-electron chi connectivity index (χ2n) is 7.85. The van der Waals surface area contributed by atoms with Crippen LogP contribution in [0.15, 0.2) is 23.1 Å². The number of piperazine rings is 1. The zero-order chi connectivity index (χ0) is 22.4. The fourth-order valence-corrected chi connectivity index (χ4v) is 5.17. The minimum atomic E-state index is -3.78. The molecule has 172 valence electrons. The number of ether oxygens (including phenoxy) is 2. The maximum absolute atomic E-state index is 12.5. The molecule has 1 heterocycles. The van der Waals surface area contributed by atoms with E-state index in [0.29, 0.717) is 37.7 Å². The van der Waals surface area contributed by atoms with E-state index in [9.17, 15) is 18.0 Å². The number of methoxy groups -OCH3 is 2. The van der Waals surface area contributed by atoms with Crippen LogP contribution in [0.2, 0.25) is 0 Å². The molecular weight excluding hydrogens is 422 g/mol. The van der Waals surface area contributed by atoms with Gasteiger partial charge in [0.2, 0.25) is 21.8 Å². The minimum Gasteiger partial charge on any atom is -0.493 e. The Bertz CT molecular complexity index is 890. The van der Waals surface area contributed by atoms with Crippen LogP contribution in [0, 0.1) is 5.92 Å². The van der Waals surface area contributed by atoms with Crippen molar-refractivity contribution in [3.05, 3.63) is 18.2 Å². The van der Waals surface area contributed by atoms with Crippen LogP contribution < -0.4 is 14.2 Å². The standard InChI is InChI=1S/C21H31N3O6S/c1-29-18-8-7-17(15-19(18)30-2)31(27,28)22-10-9-20(25)23-11-13-24(14-12-23)21(26)16-5-3-4-6-16/h7-8,15-16,22H,3-6,9-14H2,1-2H3. The summed E-state index contributed by atoms with van der Waals surface area (Å²) in [5.74, 6) is 0.983. The molecule has 2 aliphatic rings. The second-order valence-corrected chi connectivity index (χ2v) is 9.62. The number of carbonyl (C=O) groups excluding carboxylic acids is 2. The topological polar surface area (TPSA) is 105 Å². The second kappa shape index (κ2) is 10.3. The van der Waals surface area contributed by atoms with Crippen LogP contribution in [-0.2, 0) is 19.6 Å². The first-order valence-electron chi connectivity index (χ1n) is 10.6. The number of benzene rings is 1. The monoisotopic (exact) mass is 453 g/mol. The molecule has 1 N–H and O–H groups in total. The van der Waals surface area contributed by atoms with E-state index in [1.807, 2.05) is 4.90 Å². The van der Waals surface area contributed by atoms with Gasteiger partial charge >= 0.3 is 0 Å². The average Bonchev–Trinajstić information content (AvgIpc) is 3.33. The largest absolute Gasteiger partial charge is 0.493 e. The van der Waals surface area contributed by atoms with Gasteiger partial charge in [-0.15, -0.1) is 0 Å². The van der Waals surface area contributed by atoms with Gasteiger partial charge in [-0.25, -0.2) is 13.1 Å². The van der Waals surface area contributed by atoms with Crippen molar-refractivity contribution in [3.63, 3.8) is 0 Å². The van der Waals surface area contributed by atoms with Crippen molar-refractivity contribution in [1.29, 1.82) is 0 Å². The van der Waals surface area contributed by atoms with E-state index < -0.39 is 10.0 Å². The molecule has 1 aliphatic heterocycles. The maximum Gasteiger partial charge on any atom is 0.240 e. The molecular formula is C21H31N3O6S. The molecule has 1 saturated heterocycles. The minimum absolute atomic E-state index is 0.00324. The Hall–Kier alpha value is -2.33. The maximum atomic E-state index is 12.5. The third-order valence-electron chi connectivity index (χ3n) is 5.94. The van der Waals surface area contributed by atoms with E-state index >= 15 is 0 Å². The molecule has 9 nitrogen and oxygen atoms in total. The summed E-state index contributed by atoms with van der Waals surface area (Å²) in [7, 11) is -0.878. The van der Waals surface area contributed by atoms with E-state index in [1.54, 1.807) is 4.90 Å². The molecule has 0 radical (unpaired) electrons. The lowest BCUT2D eigenvalue weighted by atomic mass is 10.1. The molecule has 1 saturated carbocycles. The summed E-state index contributed by atoms with van der Waals surface area (Å²) in [5.41, 5.74) is 0. The Balaban J connectivity index is 1.46. The van der Waals surface area contributed by atoms with Crippen molar-refractivity contribution in [2.24, 2.45) is 5.92 Å². The zero-order valence-corrected chi connectivity index (χ0v) is 18.9. The first-order valence-corrected chi connectivity index (χ1v) is 12.1. The lowest BCUT2D eigenvalue weighted by Gasteiger charge is -2.36. The van der Waals surface area contributed by atoms with E-state index in [1.165, 1.54) is 32.4 Å². The SMILES string of the molecule is COc1ccc(S(=O)(=O)NCCC(=O)N2CCN(C(=O)C3CCCC3)CC2)cc1OC. The van der Waals surface area contributed by atoms with Gasteiger partial charge in [0.15, 0.2) is 11.5 Å². The normalized spacial score (nSPS) is 17.6. The summed E-state index contributed by atoms with van der Waals surface area (Å²) in [6.07, 6.45) is 4.24. The summed E-state index contributed by atoms with van der Waals surface area (Å²) in [4.78, 5) is 28.6. The third-order valence-corrected chi connectivity index (χ3v) is 7.40. The van der Waals surface area contributed by atoms with E-state index in [0.717, 1.165) is 25.7 Å². The molecule has 1 aromatic carbocycles. The number of nitrogens with one attached hydrogen (secondary N) is 1. The van der Waals surface area contributed by atoms with Crippen LogP contribution in [0.1, 0.15) is 32.1 Å². The van der Waals surface area contributed by atoms with Crippen LogP contribution in [0.25, 0.3) is 0 Å². The average molecular weight is 454 g/mol. The summed E-state index contributed by atoms with van der Waals surface area (Å²) in [6.45, 7) is 2.05. The van der Waals surface area contributed by atoms with Gasteiger partial charge in [0.05, 0.1) is 19.1 Å². The first kappa shape index (κ1) is 23.3. The molecule has 0 unspecified atom stereocenters. The molecule has 0 bridgehead atoms. The van der Waals surface area contributed by atoms with Crippen molar-refractivity contribution in [3.8, 4) is 11.5 Å². The fourth-order valence-electron chi connectivity index (χ4n) is 4.12. The number of nitrogens with zero attached hydrogens (tertiary/aromatic N) is 2. The van der Waals surface area contributed by atoms with Crippen LogP contribution >= 0.6 is 0 Å². The van der Waals surface area contributed by atoms with E-state index in [4.69, 9.17) is 9.47 Å². The Morgan fingerprint density at radius 3 is 2.23 bits per heavy atom. The van der Waals surface area contributed by atoms with Gasteiger partial charge < -0.3 is 19.3 Å². The quantitative estimate of drug-likeness (QED) is 0.635. The highest BCUT2D eigenvalue weighted by atomic mass is 32.2. The zero-order valence-electron chi connectivity index (χ0n) is 18.1. The lowest BCUT2D eigenvalue weighted by Crippen LogP contribution is -2.52. The predicted molar refractivity (Wildman–Crippen MR) is 114 cm³/mol. The Kier molecular flexibility index (Phi) is 7.77. The highest BCUT2D eigenvalue weighted by Crippen LogP contribution is 2.29. The van der Waals surface area contributed by atoms with Crippen LogP contribution in [0.3, 0.4) is 0 Å². The highest BCUT2D eigenvalue weighted by molar-refractivity contribution is 7.89. The predicted octanol–water partition coefficient (Wildman–Crippen LogP) is 1.23. The summed E-state index contributed by atoms with van der Waals surface area (Å²) in [6, 6.07) is 4.32. The van der Waals surface area contributed by atoms with Gasteiger partial charge in [-0.2, -0.15) is 0 Å². The van der Waals surface area contributed by atoms with Crippen LogP contribution in [0.5, 0.6) is 11.5 Å². The van der Waals surface area contributed by atoms with Crippen LogP contribution in [0.4, 0.5) is 0 Å². The molecule has 0 spiro atoms. The third kappa shape index (κ3) is 5.68. The summed E-state index contributed by atoms with van der Waals surface area (Å²) in [5, 5.41) is 0. The van der Waals surface area contributed by atoms with Crippen molar-refractivity contribution >= 4 is 21.8 Å². The van der Waals surface area contributed by atoms with Crippen molar-refractivity contribution in [2.75, 3.05) is 46.9 Å². The highest BCUT2D eigenvalue weighted by Gasteiger charge is 2.30. The molecule has 0 aromatic heterocycles. The van der Waals surface area contributed by atoms with Gasteiger partial charge in [0, 0.05) is 51.1 Å². The Morgan fingerprint density at radius 1 is 1.00 bits per heavy atom. The van der Waals surface area contributed by atoms with E-state index in [-0.39, 0.29) is 35.6 Å². The summed E-state index contributed by atoms with van der Waals surface area (Å²) < 4.78 is 37.8. The fraction of sp³-hybridized carbons (Fsp3) is 0.619. The van der Waals surface area contributed by atoms with Gasteiger partial charge in [-0.05, 0) is 25.0 Å².